The summed E-state index contributed by atoms with van der Waals surface area (Å²) in [5.41, 5.74) is 3.37. The summed E-state index contributed by atoms with van der Waals surface area (Å²) in [5.74, 6) is -0.438. The zero-order valence-corrected chi connectivity index (χ0v) is 24.8. The topological polar surface area (TPSA) is 104 Å². The van der Waals surface area contributed by atoms with Gasteiger partial charge in [0.2, 0.25) is 0 Å². The molecule has 1 saturated heterocycles. The maximum absolute atomic E-state index is 13.6. The molecule has 1 atom stereocenters. The van der Waals surface area contributed by atoms with Crippen molar-refractivity contribution in [3.8, 4) is 17.2 Å². The standard InChI is InChI=1S/C33H32FN5O4.Li/c1-21-30-26(10-12-38(21)17-22-5-3-2-4-6-22)36-11-9-28(30)42-24-14-33(15-24)18-39(19-33)31-29(16-35-20-37-31)43-27-8-7-23(34)13-25(27)32(40)41;/h2-9,11,13,16,20-21,24H,10,12,14-15,17-19H2,1H3,(H,40,41);/q;+1/p-1. The Hall–Kier alpha value is -3.97. The normalized spacial score (nSPS) is 18.9. The van der Waals surface area contributed by atoms with Gasteiger partial charge in [-0.15, -0.1) is 0 Å². The number of aromatic carboxylic acids is 1. The van der Waals surface area contributed by atoms with Crippen molar-refractivity contribution in [1.82, 2.24) is 19.9 Å². The van der Waals surface area contributed by atoms with E-state index in [2.05, 4.69) is 55.9 Å². The number of carbonyl (C=O) groups is 1. The first-order chi connectivity index (χ1) is 20.9. The van der Waals surface area contributed by atoms with Gasteiger partial charge >= 0.3 is 18.9 Å². The van der Waals surface area contributed by atoms with Crippen molar-refractivity contribution in [1.29, 1.82) is 0 Å². The van der Waals surface area contributed by atoms with E-state index in [1.54, 1.807) is 0 Å². The van der Waals surface area contributed by atoms with Gasteiger partial charge in [-0.1, -0.05) is 30.3 Å². The van der Waals surface area contributed by atoms with Crippen molar-refractivity contribution in [2.75, 3.05) is 24.5 Å². The van der Waals surface area contributed by atoms with Crippen LogP contribution in [0.3, 0.4) is 0 Å². The van der Waals surface area contributed by atoms with E-state index in [1.807, 2.05) is 18.3 Å². The molecule has 44 heavy (non-hydrogen) atoms. The Balaban J connectivity index is 0.00000343. The molecular weight excluding hydrogens is 556 g/mol. The molecule has 9 nitrogen and oxygen atoms in total. The largest absolute Gasteiger partial charge is 1.00 e. The van der Waals surface area contributed by atoms with Gasteiger partial charge in [-0.2, -0.15) is 0 Å². The average Bonchev–Trinajstić information content (AvgIpc) is 2.97. The Bertz CT molecular complexity index is 1660. The smallest absolute Gasteiger partial charge is 0.545 e. The number of nitrogens with zero attached hydrogens (tertiary/aromatic N) is 5. The van der Waals surface area contributed by atoms with E-state index in [9.17, 15) is 14.3 Å². The van der Waals surface area contributed by atoms with Gasteiger partial charge in [0, 0.05) is 61.4 Å². The van der Waals surface area contributed by atoms with Crippen LogP contribution in [0.1, 0.15) is 53.0 Å². The minimum atomic E-state index is -1.52. The number of hydrogen-bond donors (Lipinski definition) is 0. The van der Waals surface area contributed by atoms with Crippen LogP contribution in [-0.4, -0.2) is 51.6 Å². The van der Waals surface area contributed by atoms with Crippen LogP contribution in [0, 0.1) is 11.2 Å². The predicted octanol–water partition coefficient (Wildman–Crippen LogP) is 1.34. The quantitative estimate of drug-likeness (QED) is 0.283. The van der Waals surface area contributed by atoms with Gasteiger partial charge in [0.25, 0.3) is 0 Å². The fourth-order valence-electron chi connectivity index (χ4n) is 6.73. The number of aromatic nitrogens is 3. The molecule has 2 fully saturated rings. The van der Waals surface area contributed by atoms with Crippen molar-refractivity contribution in [3.05, 3.63) is 102 Å². The fraction of sp³-hybridized carbons (Fsp3) is 0.333. The average molecular weight is 588 g/mol. The molecule has 1 spiro atoms. The second-order valence-electron chi connectivity index (χ2n) is 11.8. The van der Waals surface area contributed by atoms with Crippen LogP contribution in [0.4, 0.5) is 10.2 Å². The summed E-state index contributed by atoms with van der Waals surface area (Å²) in [6.07, 6.45) is 7.65. The maximum atomic E-state index is 13.6. The predicted molar refractivity (Wildman–Crippen MR) is 154 cm³/mol. The minimum Gasteiger partial charge on any atom is -0.545 e. The first-order valence-corrected chi connectivity index (χ1v) is 14.5. The summed E-state index contributed by atoms with van der Waals surface area (Å²) in [6, 6.07) is 16.0. The number of hydrogen-bond acceptors (Lipinski definition) is 9. The summed E-state index contributed by atoms with van der Waals surface area (Å²) in [6.45, 7) is 5.64. The van der Waals surface area contributed by atoms with Gasteiger partial charge in [-0.05, 0) is 49.6 Å². The van der Waals surface area contributed by atoms with Gasteiger partial charge in [0.15, 0.2) is 11.6 Å². The Morgan fingerprint density at radius 2 is 1.86 bits per heavy atom. The summed E-state index contributed by atoms with van der Waals surface area (Å²) in [7, 11) is 0. The molecule has 0 radical (unpaired) electrons. The molecule has 4 heterocycles. The molecule has 2 aromatic heterocycles. The number of ether oxygens (including phenoxy) is 2. The van der Waals surface area contributed by atoms with E-state index >= 15 is 0 Å². The first kappa shape index (κ1) is 30.1. The van der Waals surface area contributed by atoms with Crippen molar-refractivity contribution >= 4 is 11.8 Å². The monoisotopic (exact) mass is 587 g/mol. The fourth-order valence-corrected chi connectivity index (χ4v) is 6.73. The van der Waals surface area contributed by atoms with Crippen molar-refractivity contribution in [2.45, 2.75) is 44.9 Å². The number of fused-ring (bicyclic) bond motifs is 1. The molecule has 7 rings (SSSR count). The van der Waals surface area contributed by atoms with Crippen LogP contribution in [0.25, 0.3) is 0 Å². The van der Waals surface area contributed by atoms with Gasteiger partial charge < -0.3 is 24.3 Å². The molecule has 1 saturated carbocycles. The molecular formula is C33H31FLiN5O4. The summed E-state index contributed by atoms with van der Waals surface area (Å²) < 4.78 is 26.1. The van der Waals surface area contributed by atoms with Gasteiger partial charge in [-0.25, -0.2) is 14.4 Å². The van der Waals surface area contributed by atoms with Crippen LogP contribution in [0.5, 0.6) is 17.2 Å². The van der Waals surface area contributed by atoms with Crippen LogP contribution in [0.15, 0.2) is 73.3 Å². The zero-order valence-electron chi connectivity index (χ0n) is 24.8. The molecule has 0 amide bonds. The number of pyridine rings is 1. The van der Waals surface area contributed by atoms with Crippen molar-refractivity contribution in [3.63, 3.8) is 0 Å². The van der Waals surface area contributed by atoms with Gasteiger partial charge in [-0.3, -0.25) is 9.88 Å². The van der Waals surface area contributed by atoms with Crippen molar-refractivity contribution in [2.24, 2.45) is 5.41 Å². The van der Waals surface area contributed by atoms with E-state index in [0.717, 1.165) is 69.0 Å². The second-order valence-corrected chi connectivity index (χ2v) is 11.8. The zero-order chi connectivity index (χ0) is 29.6. The number of anilines is 1. The molecule has 4 aromatic rings. The Kier molecular flexibility index (Phi) is 8.33. The second kappa shape index (κ2) is 12.2. The molecule has 2 aliphatic heterocycles. The molecule has 1 unspecified atom stereocenters. The summed E-state index contributed by atoms with van der Waals surface area (Å²) in [5, 5.41) is 11.5. The number of carboxylic acid groups (broad SMARTS) is 1. The SMILES string of the molecule is CC1c2c(OC3CC4(C3)CN(c3ncncc3Oc3ccc(F)cc3C(=O)[O-])C4)ccnc2CCN1Cc1ccccc1.[Li+]. The van der Waals surface area contributed by atoms with Gasteiger partial charge in [0.05, 0.1) is 17.9 Å². The van der Waals surface area contributed by atoms with Crippen LogP contribution in [0.2, 0.25) is 0 Å². The number of halogens is 1. The third-order valence-electron chi connectivity index (χ3n) is 8.87. The number of rotatable bonds is 8. The molecule has 11 heteroatoms. The van der Waals surface area contributed by atoms with Crippen LogP contribution < -0.4 is 38.3 Å². The summed E-state index contributed by atoms with van der Waals surface area (Å²) >= 11 is 0. The van der Waals surface area contributed by atoms with E-state index in [0.29, 0.717) is 11.6 Å². The van der Waals surface area contributed by atoms with E-state index in [-0.39, 0.29) is 47.7 Å². The Labute approximate surface area is 267 Å². The molecule has 1 aliphatic carbocycles. The molecule has 0 N–H and O–H groups in total. The Morgan fingerprint density at radius 3 is 2.64 bits per heavy atom. The van der Waals surface area contributed by atoms with Gasteiger partial charge in [0.1, 0.15) is 29.7 Å². The molecule has 2 aromatic carbocycles. The third kappa shape index (κ3) is 5.77. The molecule has 220 valence electrons. The maximum Gasteiger partial charge on any atom is 1.00 e. The Morgan fingerprint density at radius 1 is 1.07 bits per heavy atom. The first-order valence-electron chi connectivity index (χ1n) is 14.5. The van der Waals surface area contributed by atoms with E-state index in [4.69, 9.17) is 9.47 Å². The summed E-state index contributed by atoms with van der Waals surface area (Å²) in [4.78, 5) is 29.2. The third-order valence-corrected chi connectivity index (χ3v) is 8.87. The van der Waals surface area contributed by atoms with E-state index in [1.165, 1.54) is 29.7 Å². The molecule has 3 aliphatic rings. The van der Waals surface area contributed by atoms with Crippen LogP contribution in [-0.2, 0) is 13.0 Å². The van der Waals surface area contributed by atoms with Crippen LogP contribution >= 0.6 is 0 Å². The number of carbonyl (C=O) groups excluding carboxylic acids is 1. The number of benzene rings is 2. The molecule has 0 bridgehead atoms. The van der Waals surface area contributed by atoms with E-state index < -0.39 is 11.8 Å². The minimum absolute atomic E-state index is 0. The van der Waals surface area contributed by atoms with Crippen molar-refractivity contribution < 1.29 is 42.6 Å². The number of carboxylic acids is 1.